The molecular formula is C24H19N3O4. The van der Waals surface area contributed by atoms with E-state index in [1.807, 2.05) is 0 Å². The number of rotatable bonds is 4. The van der Waals surface area contributed by atoms with Gasteiger partial charge in [-0.3, -0.25) is 34.4 Å². The van der Waals surface area contributed by atoms with Gasteiger partial charge in [-0.05, 0) is 31.4 Å². The normalized spacial score (nSPS) is 19.8. The van der Waals surface area contributed by atoms with Crippen LogP contribution in [0.15, 0.2) is 35.0 Å². The molecule has 7 nitrogen and oxygen atoms in total. The van der Waals surface area contributed by atoms with E-state index in [9.17, 15) is 19.2 Å². The first-order valence-corrected chi connectivity index (χ1v) is 10.0. The lowest BCUT2D eigenvalue weighted by atomic mass is 10.0. The van der Waals surface area contributed by atoms with Crippen LogP contribution < -0.4 is 5.32 Å². The number of piperidine rings is 1. The summed E-state index contributed by atoms with van der Waals surface area (Å²) in [5.74, 6) is 6.53. The number of carbonyl (C=O) groups excluding carboxylic acids is 4. The number of terminal acetylenes is 1. The Kier molecular flexibility index (Phi) is 5.51. The fourth-order valence-corrected chi connectivity index (χ4v) is 3.88. The Labute approximate surface area is 179 Å². The average molecular weight is 413 g/mol. The van der Waals surface area contributed by atoms with Crippen molar-refractivity contribution in [2.75, 3.05) is 0 Å². The van der Waals surface area contributed by atoms with Crippen LogP contribution in [0.4, 0.5) is 0 Å². The van der Waals surface area contributed by atoms with Crippen molar-refractivity contribution in [1.29, 1.82) is 0 Å². The smallest absolute Gasteiger partial charge is 0.263 e. The number of fused-ring (bicyclic) bond motifs is 1. The molecule has 1 atom stereocenters. The van der Waals surface area contributed by atoms with Gasteiger partial charge in [0.05, 0.1) is 11.1 Å². The van der Waals surface area contributed by atoms with Crippen LogP contribution in [0.5, 0.6) is 0 Å². The van der Waals surface area contributed by atoms with Crippen molar-refractivity contribution in [1.82, 2.24) is 10.2 Å². The number of unbranched alkanes of at least 4 members (excludes halogenated alkanes) is 1. The standard InChI is InChI=1S/C24H19N3O4/c1-2-15-13-17(25-14-15)9-5-3-4-7-16-8-6-10-18-21(16)24(31)27(23(18)30)19-11-12-20(28)26-22(19)29/h1,6,8,10,14,19H,3,5,9,11-13H2,(H,26,28,29). The lowest BCUT2D eigenvalue weighted by Crippen LogP contribution is -2.54. The molecule has 1 fully saturated rings. The number of nitrogens with one attached hydrogen (secondary N) is 1. The highest BCUT2D eigenvalue weighted by Gasteiger charge is 2.45. The number of imide groups is 2. The number of benzene rings is 1. The topological polar surface area (TPSA) is 95.9 Å². The molecule has 154 valence electrons. The molecule has 1 aromatic carbocycles. The van der Waals surface area contributed by atoms with Gasteiger partial charge in [-0.15, -0.1) is 6.42 Å². The van der Waals surface area contributed by atoms with Crippen LogP contribution in [-0.2, 0) is 9.59 Å². The Morgan fingerprint density at radius 1 is 1.19 bits per heavy atom. The molecule has 4 amide bonds. The molecule has 0 aliphatic carbocycles. The zero-order valence-corrected chi connectivity index (χ0v) is 16.7. The van der Waals surface area contributed by atoms with Crippen molar-refractivity contribution in [2.24, 2.45) is 4.99 Å². The SMILES string of the molecule is C#CC1=CN=C(CCCC#Cc2cccc3c2C(=O)N(C2CCC(=O)NC2=O)C3=O)C1. The molecule has 0 saturated carbocycles. The summed E-state index contributed by atoms with van der Waals surface area (Å²) in [5.41, 5.74) is 2.82. The maximum absolute atomic E-state index is 13.0. The largest absolute Gasteiger partial charge is 0.295 e. The lowest BCUT2D eigenvalue weighted by Gasteiger charge is -2.27. The molecule has 0 aromatic heterocycles. The minimum absolute atomic E-state index is 0.0835. The van der Waals surface area contributed by atoms with Gasteiger partial charge in [-0.25, -0.2) is 0 Å². The molecule has 3 aliphatic rings. The third-order valence-corrected chi connectivity index (χ3v) is 5.44. The highest BCUT2D eigenvalue weighted by molar-refractivity contribution is 6.24. The second kappa shape index (κ2) is 8.41. The number of aliphatic imine (C=N–C) groups is 1. The zero-order chi connectivity index (χ0) is 22.0. The van der Waals surface area contributed by atoms with E-state index in [0.29, 0.717) is 18.4 Å². The predicted octanol–water partition coefficient (Wildman–Crippen LogP) is 1.97. The summed E-state index contributed by atoms with van der Waals surface area (Å²) >= 11 is 0. The maximum Gasteiger partial charge on any atom is 0.263 e. The van der Waals surface area contributed by atoms with Crippen LogP contribution in [0, 0.1) is 24.2 Å². The van der Waals surface area contributed by atoms with Crippen LogP contribution in [0.1, 0.15) is 64.8 Å². The molecule has 3 aliphatic heterocycles. The lowest BCUT2D eigenvalue weighted by molar-refractivity contribution is -0.136. The maximum atomic E-state index is 13.0. The first-order chi connectivity index (χ1) is 15.0. The highest BCUT2D eigenvalue weighted by atomic mass is 16.2. The van der Waals surface area contributed by atoms with E-state index >= 15 is 0 Å². The predicted molar refractivity (Wildman–Crippen MR) is 113 cm³/mol. The second-order valence-corrected chi connectivity index (χ2v) is 7.50. The summed E-state index contributed by atoms with van der Waals surface area (Å²) in [4.78, 5) is 54.7. The molecule has 0 spiro atoms. The Morgan fingerprint density at radius 2 is 2.03 bits per heavy atom. The van der Waals surface area contributed by atoms with Crippen molar-refractivity contribution in [3.05, 3.63) is 46.7 Å². The molecule has 4 rings (SSSR count). The molecular weight excluding hydrogens is 394 g/mol. The zero-order valence-electron chi connectivity index (χ0n) is 16.7. The van der Waals surface area contributed by atoms with Gasteiger partial charge in [0.1, 0.15) is 6.04 Å². The van der Waals surface area contributed by atoms with Crippen LogP contribution in [-0.4, -0.2) is 40.3 Å². The number of nitrogens with zero attached hydrogens (tertiary/aromatic N) is 2. The van der Waals surface area contributed by atoms with Crippen LogP contribution in [0.3, 0.4) is 0 Å². The van der Waals surface area contributed by atoms with E-state index in [4.69, 9.17) is 6.42 Å². The minimum atomic E-state index is -0.986. The van der Waals surface area contributed by atoms with Crippen molar-refractivity contribution >= 4 is 29.3 Å². The summed E-state index contributed by atoms with van der Waals surface area (Å²) in [5, 5.41) is 2.19. The van der Waals surface area contributed by atoms with Gasteiger partial charge >= 0.3 is 0 Å². The fraction of sp³-hybridized carbons (Fsp3) is 0.292. The Morgan fingerprint density at radius 3 is 2.77 bits per heavy atom. The van der Waals surface area contributed by atoms with E-state index in [2.05, 4.69) is 28.1 Å². The molecule has 31 heavy (non-hydrogen) atoms. The molecule has 1 saturated heterocycles. The van der Waals surface area contributed by atoms with Crippen molar-refractivity contribution in [3.8, 4) is 24.2 Å². The summed E-state index contributed by atoms with van der Waals surface area (Å²) in [6, 6.07) is 3.93. The van der Waals surface area contributed by atoms with E-state index < -0.39 is 29.7 Å². The van der Waals surface area contributed by atoms with E-state index in [0.717, 1.165) is 29.0 Å². The first kappa shape index (κ1) is 20.3. The minimum Gasteiger partial charge on any atom is -0.295 e. The number of hydrogen-bond donors (Lipinski definition) is 1. The number of allylic oxidation sites excluding steroid dienone is 1. The highest BCUT2D eigenvalue weighted by Crippen LogP contribution is 2.29. The van der Waals surface area contributed by atoms with E-state index in [1.54, 1.807) is 24.4 Å². The van der Waals surface area contributed by atoms with Gasteiger partial charge < -0.3 is 0 Å². The average Bonchev–Trinajstić information content (AvgIpc) is 3.32. The molecule has 1 N–H and O–H groups in total. The molecule has 1 aromatic rings. The van der Waals surface area contributed by atoms with Gasteiger partial charge in [0.15, 0.2) is 0 Å². The monoisotopic (exact) mass is 413 g/mol. The van der Waals surface area contributed by atoms with Crippen molar-refractivity contribution in [3.63, 3.8) is 0 Å². The number of hydrogen-bond acceptors (Lipinski definition) is 5. The van der Waals surface area contributed by atoms with E-state index in [-0.39, 0.29) is 24.0 Å². The Balaban J connectivity index is 1.45. The van der Waals surface area contributed by atoms with Gasteiger partial charge in [-0.2, -0.15) is 0 Å². The Hall–Kier alpha value is -3.97. The van der Waals surface area contributed by atoms with Crippen LogP contribution in [0.25, 0.3) is 0 Å². The van der Waals surface area contributed by atoms with Gasteiger partial charge in [0, 0.05) is 42.3 Å². The van der Waals surface area contributed by atoms with Gasteiger partial charge in [0.2, 0.25) is 11.8 Å². The third-order valence-electron chi connectivity index (χ3n) is 5.44. The van der Waals surface area contributed by atoms with Crippen LogP contribution in [0.2, 0.25) is 0 Å². The Bertz CT molecular complexity index is 1170. The molecule has 7 heteroatoms. The number of amides is 4. The molecule has 0 bridgehead atoms. The van der Waals surface area contributed by atoms with Crippen LogP contribution >= 0.6 is 0 Å². The van der Waals surface area contributed by atoms with Gasteiger partial charge in [0.25, 0.3) is 11.8 Å². The first-order valence-electron chi connectivity index (χ1n) is 10.0. The quantitative estimate of drug-likeness (QED) is 0.464. The number of carbonyl (C=O) groups is 4. The van der Waals surface area contributed by atoms with Crippen molar-refractivity contribution in [2.45, 2.75) is 44.6 Å². The second-order valence-electron chi connectivity index (χ2n) is 7.50. The third kappa shape index (κ3) is 3.91. The summed E-state index contributed by atoms with van der Waals surface area (Å²) < 4.78 is 0. The molecule has 3 heterocycles. The summed E-state index contributed by atoms with van der Waals surface area (Å²) in [6.45, 7) is 0. The summed E-state index contributed by atoms with van der Waals surface area (Å²) in [6.07, 6.45) is 10.2. The summed E-state index contributed by atoms with van der Waals surface area (Å²) in [7, 11) is 0. The van der Waals surface area contributed by atoms with Crippen molar-refractivity contribution < 1.29 is 19.2 Å². The molecule has 0 radical (unpaired) electrons. The fourth-order valence-electron chi connectivity index (χ4n) is 3.88. The van der Waals surface area contributed by atoms with Gasteiger partial charge in [-0.1, -0.05) is 23.8 Å². The van der Waals surface area contributed by atoms with E-state index in [1.165, 1.54) is 0 Å². The molecule has 1 unspecified atom stereocenters.